The number of hydrogen-bond donors (Lipinski definition) is 4. The van der Waals surface area contributed by atoms with Crippen LogP contribution < -0.4 is 15.8 Å². The van der Waals surface area contributed by atoms with E-state index >= 15 is 0 Å². The zero-order valence-corrected chi connectivity index (χ0v) is 11.1. The molecule has 7 heteroatoms. The van der Waals surface area contributed by atoms with Crippen molar-refractivity contribution in [2.45, 2.75) is 18.2 Å². The fraction of sp³-hybridized carbons (Fsp3) is 0.455. The Morgan fingerprint density at radius 1 is 1.39 bits per heavy atom. The van der Waals surface area contributed by atoms with Crippen molar-refractivity contribution < 1.29 is 13.5 Å². The Kier molecular flexibility index (Phi) is 5.39. The zero-order chi connectivity index (χ0) is 13.6. The Bertz CT molecular complexity index is 488. The molecule has 0 aliphatic carbocycles. The van der Waals surface area contributed by atoms with Crippen molar-refractivity contribution in [1.82, 2.24) is 4.72 Å². The molecule has 0 aliphatic rings. The van der Waals surface area contributed by atoms with Gasteiger partial charge in [-0.1, -0.05) is 6.92 Å². The van der Waals surface area contributed by atoms with E-state index in [0.717, 1.165) is 0 Å². The number of nitrogens with one attached hydrogen (secondary N) is 2. The third kappa shape index (κ3) is 3.86. The Balaban J connectivity index is 2.93. The van der Waals surface area contributed by atoms with Gasteiger partial charge in [0.15, 0.2) is 0 Å². The molecule has 1 aromatic carbocycles. The molecular weight excluding hydrogens is 254 g/mol. The van der Waals surface area contributed by atoms with E-state index in [2.05, 4.69) is 10.0 Å². The first kappa shape index (κ1) is 14.7. The van der Waals surface area contributed by atoms with Gasteiger partial charge in [0.1, 0.15) is 0 Å². The van der Waals surface area contributed by atoms with E-state index in [9.17, 15) is 8.42 Å². The van der Waals surface area contributed by atoms with Crippen molar-refractivity contribution in [3.05, 3.63) is 18.2 Å². The molecule has 0 heterocycles. The minimum atomic E-state index is -3.48. The predicted molar refractivity (Wildman–Crippen MR) is 71.9 cm³/mol. The van der Waals surface area contributed by atoms with E-state index in [-0.39, 0.29) is 11.5 Å². The van der Waals surface area contributed by atoms with Crippen molar-refractivity contribution in [1.29, 1.82) is 0 Å². The fourth-order valence-corrected chi connectivity index (χ4v) is 2.50. The lowest BCUT2D eigenvalue weighted by Gasteiger charge is -2.11. The Labute approximate surface area is 107 Å². The highest BCUT2D eigenvalue weighted by Crippen LogP contribution is 2.22. The molecule has 1 rings (SSSR count). The van der Waals surface area contributed by atoms with Crippen molar-refractivity contribution in [2.75, 3.05) is 30.7 Å². The number of aliphatic hydroxyl groups is 1. The first-order valence-corrected chi connectivity index (χ1v) is 7.23. The Morgan fingerprint density at radius 3 is 2.72 bits per heavy atom. The van der Waals surface area contributed by atoms with Gasteiger partial charge in [-0.25, -0.2) is 13.1 Å². The zero-order valence-electron chi connectivity index (χ0n) is 10.3. The summed E-state index contributed by atoms with van der Waals surface area (Å²) < 4.78 is 26.0. The summed E-state index contributed by atoms with van der Waals surface area (Å²) in [6.07, 6.45) is 0.573. The third-order valence-corrected chi connectivity index (χ3v) is 3.86. The van der Waals surface area contributed by atoms with Crippen LogP contribution in [-0.2, 0) is 10.0 Å². The highest BCUT2D eigenvalue weighted by atomic mass is 32.2. The summed E-state index contributed by atoms with van der Waals surface area (Å²) in [5, 5.41) is 11.7. The van der Waals surface area contributed by atoms with Gasteiger partial charge in [0.2, 0.25) is 10.0 Å². The average molecular weight is 273 g/mol. The van der Waals surface area contributed by atoms with Crippen molar-refractivity contribution >= 4 is 21.4 Å². The number of aliphatic hydroxyl groups excluding tert-OH is 1. The maximum Gasteiger partial charge on any atom is 0.240 e. The highest BCUT2D eigenvalue weighted by molar-refractivity contribution is 7.89. The molecule has 102 valence electrons. The second kappa shape index (κ2) is 6.58. The van der Waals surface area contributed by atoms with Crippen molar-refractivity contribution in [3.63, 3.8) is 0 Å². The Hall–Kier alpha value is -1.31. The number of anilines is 2. The van der Waals surface area contributed by atoms with Crippen LogP contribution in [0.1, 0.15) is 13.3 Å². The lowest BCUT2D eigenvalue weighted by atomic mass is 10.2. The molecule has 0 atom stereocenters. The maximum atomic E-state index is 11.8. The summed E-state index contributed by atoms with van der Waals surface area (Å²) in [4.78, 5) is 0.171. The first-order chi connectivity index (χ1) is 8.51. The summed E-state index contributed by atoms with van der Waals surface area (Å²) in [6.45, 7) is 2.66. The fourth-order valence-electron chi connectivity index (χ4n) is 1.43. The predicted octanol–water partition coefficient (Wildman–Crippen LogP) is 0.361. The van der Waals surface area contributed by atoms with Gasteiger partial charge in [-0.15, -0.1) is 0 Å². The molecule has 0 fully saturated rings. The molecule has 18 heavy (non-hydrogen) atoms. The van der Waals surface area contributed by atoms with E-state index in [1.165, 1.54) is 12.1 Å². The molecule has 0 saturated heterocycles. The molecule has 5 N–H and O–H groups in total. The first-order valence-electron chi connectivity index (χ1n) is 5.75. The molecule has 0 bridgehead atoms. The lowest BCUT2D eigenvalue weighted by Crippen LogP contribution is -2.23. The number of sulfonamides is 1. The second-order valence-corrected chi connectivity index (χ2v) is 5.52. The molecule has 1 aromatic rings. The van der Waals surface area contributed by atoms with Crippen LogP contribution in [0.25, 0.3) is 0 Å². The third-order valence-electron chi connectivity index (χ3n) is 2.32. The van der Waals surface area contributed by atoms with E-state index in [1.807, 2.05) is 0 Å². The SMILES string of the molecule is CCNS(=O)(=O)c1ccc(N)c(NCCCO)c1. The standard InChI is InChI=1S/C11H19N3O3S/c1-2-14-18(16,17)9-4-5-10(12)11(8-9)13-6-3-7-15/h4-5,8,13-15H,2-3,6-7,12H2,1H3. The van der Waals surface area contributed by atoms with Crippen molar-refractivity contribution in [2.24, 2.45) is 0 Å². The summed E-state index contributed by atoms with van der Waals surface area (Å²) >= 11 is 0. The summed E-state index contributed by atoms with van der Waals surface area (Å²) in [7, 11) is -3.48. The molecular formula is C11H19N3O3S. The van der Waals surface area contributed by atoms with E-state index in [1.54, 1.807) is 13.0 Å². The van der Waals surface area contributed by atoms with Crippen LogP contribution in [0.15, 0.2) is 23.1 Å². The second-order valence-electron chi connectivity index (χ2n) is 3.75. The van der Waals surface area contributed by atoms with Crippen LogP contribution >= 0.6 is 0 Å². The van der Waals surface area contributed by atoms with Gasteiger partial charge in [-0.3, -0.25) is 0 Å². The van der Waals surface area contributed by atoms with Gasteiger partial charge in [-0.2, -0.15) is 0 Å². The van der Waals surface area contributed by atoms with Crippen LogP contribution in [0, 0.1) is 0 Å². The minimum absolute atomic E-state index is 0.0717. The monoisotopic (exact) mass is 273 g/mol. The molecule has 6 nitrogen and oxygen atoms in total. The highest BCUT2D eigenvalue weighted by Gasteiger charge is 2.14. The number of nitrogens with two attached hydrogens (primary N) is 1. The molecule has 0 amide bonds. The van der Waals surface area contributed by atoms with E-state index in [4.69, 9.17) is 10.8 Å². The number of benzene rings is 1. The smallest absolute Gasteiger partial charge is 0.240 e. The van der Waals surface area contributed by atoms with Crippen LogP contribution in [0.4, 0.5) is 11.4 Å². The molecule has 0 unspecified atom stereocenters. The quantitative estimate of drug-likeness (QED) is 0.424. The van der Waals surface area contributed by atoms with Gasteiger partial charge in [0, 0.05) is 19.7 Å². The largest absolute Gasteiger partial charge is 0.397 e. The van der Waals surface area contributed by atoms with Gasteiger partial charge in [0.25, 0.3) is 0 Å². The summed E-state index contributed by atoms with van der Waals surface area (Å²) in [5.41, 5.74) is 6.78. The van der Waals surface area contributed by atoms with Crippen molar-refractivity contribution in [3.8, 4) is 0 Å². The maximum absolute atomic E-state index is 11.8. The topological polar surface area (TPSA) is 104 Å². The molecule has 0 aromatic heterocycles. The Morgan fingerprint density at radius 2 is 2.11 bits per heavy atom. The van der Waals surface area contributed by atoms with Crippen LogP contribution in [0.2, 0.25) is 0 Å². The molecule has 0 radical (unpaired) electrons. The van der Waals surface area contributed by atoms with Crippen LogP contribution in [0.5, 0.6) is 0 Å². The van der Waals surface area contributed by atoms with Gasteiger partial charge in [-0.05, 0) is 24.6 Å². The van der Waals surface area contributed by atoms with E-state index < -0.39 is 10.0 Å². The van der Waals surface area contributed by atoms with Gasteiger partial charge < -0.3 is 16.2 Å². The van der Waals surface area contributed by atoms with E-state index in [0.29, 0.717) is 30.9 Å². The molecule has 0 aliphatic heterocycles. The van der Waals surface area contributed by atoms with Crippen LogP contribution in [0.3, 0.4) is 0 Å². The summed E-state index contributed by atoms with van der Waals surface area (Å²) in [6, 6.07) is 4.50. The number of hydrogen-bond acceptors (Lipinski definition) is 5. The molecule has 0 saturated carbocycles. The lowest BCUT2D eigenvalue weighted by molar-refractivity contribution is 0.292. The summed E-state index contributed by atoms with van der Waals surface area (Å²) in [5.74, 6) is 0. The van der Waals surface area contributed by atoms with Gasteiger partial charge in [0.05, 0.1) is 16.3 Å². The van der Waals surface area contributed by atoms with Gasteiger partial charge >= 0.3 is 0 Å². The number of nitrogen functional groups attached to an aromatic ring is 1. The number of rotatable bonds is 7. The molecule has 0 spiro atoms. The van der Waals surface area contributed by atoms with Crippen LogP contribution in [-0.4, -0.2) is 33.2 Å². The minimum Gasteiger partial charge on any atom is -0.397 e. The normalized spacial score (nSPS) is 11.4. The average Bonchev–Trinajstić information content (AvgIpc) is 2.31.